The van der Waals surface area contributed by atoms with E-state index in [1.807, 2.05) is 0 Å². The minimum atomic E-state index is 0.552. The molecule has 1 nitrogen and oxygen atoms in total. The number of hydrogen-bond acceptors (Lipinski definition) is 1. The van der Waals surface area contributed by atoms with Gasteiger partial charge in [0.25, 0.3) is 0 Å². The van der Waals surface area contributed by atoms with Gasteiger partial charge in [-0.05, 0) is 37.1 Å². The summed E-state index contributed by atoms with van der Waals surface area (Å²) >= 11 is 0. The molecule has 0 aromatic rings. The van der Waals surface area contributed by atoms with Crippen molar-refractivity contribution in [3.05, 3.63) is 0 Å². The first kappa shape index (κ1) is 10.0. The van der Waals surface area contributed by atoms with E-state index in [9.17, 15) is 0 Å². The molecule has 0 spiro atoms. The lowest BCUT2D eigenvalue weighted by molar-refractivity contribution is 0.185. The number of nitrogens with one attached hydrogen (secondary N) is 1. The van der Waals surface area contributed by atoms with Gasteiger partial charge in [-0.15, -0.1) is 0 Å². The third-order valence-electron chi connectivity index (χ3n) is 4.02. The molecule has 1 N–H and O–H groups in total. The Labute approximate surface area is 76.9 Å². The highest BCUT2D eigenvalue weighted by atomic mass is 14.9. The summed E-state index contributed by atoms with van der Waals surface area (Å²) in [5.74, 6) is 0.895. The van der Waals surface area contributed by atoms with Crippen molar-refractivity contribution in [2.75, 3.05) is 6.54 Å². The van der Waals surface area contributed by atoms with Crippen molar-refractivity contribution in [3.63, 3.8) is 0 Å². The molecule has 0 aliphatic heterocycles. The van der Waals surface area contributed by atoms with Crippen LogP contribution in [0, 0.1) is 11.3 Å². The molecule has 0 aromatic heterocycles. The van der Waals surface area contributed by atoms with Crippen LogP contribution in [0.2, 0.25) is 0 Å². The summed E-state index contributed by atoms with van der Waals surface area (Å²) in [4.78, 5) is 0. The van der Waals surface area contributed by atoms with E-state index in [2.05, 4.69) is 33.0 Å². The molecule has 0 amide bonds. The van der Waals surface area contributed by atoms with Crippen LogP contribution in [0.15, 0.2) is 0 Å². The van der Waals surface area contributed by atoms with Gasteiger partial charge in [0, 0.05) is 6.04 Å². The van der Waals surface area contributed by atoms with Crippen LogP contribution in [0.1, 0.15) is 47.0 Å². The second-order valence-corrected chi connectivity index (χ2v) is 4.45. The lowest BCUT2D eigenvalue weighted by Gasteiger charge is -2.35. The minimum absolute atomic E-state index is 0.552. The van der Waals surface area contributed by atoms with E-state index < -0.39 is 0 Å². The lowest BCUT2D eigenvalue weighted by Crippen LogP contribution is -2.41. The summed E-state index contributed by atoms with van der Waals surface area (Å²) in [7, 11) is 0. The summed E-state index contributed by atoms with van der Waals surface area (Å²) < 4.78 is 0. The maximum Gasteiger partial charge on any atom is 0.0123 e. The molecule has 0 aromatic carbocycles. The van der Waals surface area contributed by atoms with E-state index in [0.29, 0.717) is 5.41 Å². The Bertz CT molecular complexity index is 142. The van der Waals surface area contributed by atoms with Crippen LogP contribution < -0.4 is 5.32 Å². The van der Waals surface area contributed by atoms with Crippen LogP contribution in [0.3, 0.4) is 0 Å². The fraction of sp³-hybridized carbons (Fsp3) is 1.00. The smallest absolute Gasteiger partial charge is 0.0123 e. The molecule has 12 heavy (non-hydrogen) atoms. The number of rotatable bonds is 3. The Morgan fingerprint density at radius 3 is 2.50 bits per heavy atom. The normalized spacial score (nSPS) is 42.0. The van der Waals surface area contributed by atoms with Gasteiger partial charge in [-0.3, -0.25) is 0 Å². The molecule has 1 fully saturated rings. The highest BCUT2D eigenvalue weighted by Crippen LogP contribution is 2.45. The Balaban J connectivity index is 2.63. The average molecular weight is 169 g/mol. The van der Waals surface area contributed by atoms with Crippen molar-refractivity contribution in [1.82, 2.24) is 5.32 Å². The maximum atomic E-state index is 3.62. The van der Waals surface area contributed by atoms with E-state index in [1.54, 1.807) is 0 Å². The van der Waals surface area contributed by atoms with Gasteiger partial charge in [-0.2, -0.15) is 0 Å². The summed E-state index contributed by atoms with van der Waals surface area (Å²) in [6.07, 6.45) is 4.09. The zero-order valence-corrected chi connectivity index (χ0v) is 8.98. The Kier molecular flexibility index (Phi) is 3.16. The van der Waals surface area contributed by atoms with Crippen LogP contribution in [0.5, 0.6) is 0 Å². The van der Waals surface area contributed by atoms with Crippen LogP contribution >= 0.6 is 0 Å². The average Bonchev–Trinajstić information content (AvgIpc) is 2.34. The van der Waals surface area contributed by atoms with Gasteiger partial charge in [-0.1, -0.05) is 27.7 Å². The summed E-state index contributed by atoms with van der Waals surface area (Å²) in [6.45, 7) is 10.5. The second kappa shape index (κ2) is 3.78. The first-order valence-electron chi connectivity index (χ1n) is 5.38. The fourth-order valence-corrected chi connectivity index (χ4v) is 2.60. The van der Waals surface area contributed by atoms with Crippen LogP contribution in [-0.2, 0) is 0 Å². The van der Waals surface area contributed by atoms with Crippen molar-refractivity contribution < 1.29 is 0 Å². The van der Waals surface area contributed by atoms with Crippen molar-refractivity contribution in [1.29, 1.82) is 0 Å². The third-order valence-corrected chi connectivity index (χ3v) is 4.02. The summed E-state index contributed by atoms with van der Waals surface area (Å²) in [6, 6.07) is 0.766. The van der Waals surface area contributed by atoms with Crippen molar-refractivity contribution in [3.8, 4) is 0 Å². The van der Waals surface area contributed by atoms with Gasteiger partial charge in [0.05, 0.1) is 0 Å². The quantitative estimate of drug-likeness (QED) is 0.685. The van der Waals surface area contributed by atoms with Gasteiger partial charge < -0.3 is 5.32 Å². The minimum Gasteiger partial charge on any atom is -0.314 e. The molecule has 0 bridgehead atoms. The topological polar surface area (TPSA) is 12.0 Å². The molecule has 0 radical (unpaired) electrons. The lowest BCUT2D eigenvalue weighted by atomic mass is 9.76. The van der Waals surface area contributed by atoms with Gasteiger partial charge in [0.15, 0.2) is 0 Å². The highest BCUT2D eigenvalue weighted by molar-refractivity contribution is 4.96. The van der Waals surface area contributed by atoms with Gasteiger partial charge in [0.2, 0.25) is 0 Å². The molecule has 0 heterocycles. The maximum absolute atomic E-state index is 3.62. The van der Waals surface area contributed by atoms with Crippen molar-refractivity contribution in [2.24, 2.45) is 11.3 Å². The van der Waals surface area contributed by atoms with Crippen LogP contribution in [-0.4, -0.2) is 12.6 Å². The largest absolute Gasteiger partial charge is 0.314 e. The van der Waals surface area contributed by atoms with Gasteiger partial charge in [-0.25, -0.2) is 0 Å². The van der Waals surface area contributed by atoms with E-state index in [4.69, 9.17) is 0 Å². The predicted octanol–water partition coefficient (Wildman–Crippen LogP) is 2.81. The SMILES string of the molecule is CCN[C@H]1CC[C@H](C)C1(C)CC. The first-order valence-corrected chi connectivity index (χ1v) is 5.38. The van der Waals surface area contributed by atoms with Crippen LogP contribution in [0.4, 0.5) is 0 Å². The fourth-order valence-electron chi connectivity index (χ4n) is 2.60. The Morgan fingerprint density at radius 1 is 1.33 bits per heavy atom. The van der Waals surface area contributed by atoms with E-state index >= 15 is 0 Å². The van der Waals surface area contributed by atoms with Crippen molar-refractivity contribution in [2.45, 2.75) is 53.0 Å². The molecule has 72 valence electrons. The predicted molar refractivity (Wildman–Crippen MR) is 54.3 cm³/mol. The zero-order chi connectivity index (χ0) is 9.19. The van der Waals surface area contributed by atoms with Gasteiger partial charge in [0.1, 0.15) is 0 Å². The third kappa shape index (κ3) is 1.52. The molecule has 1 unspecified atom stereocenters. The molecule has 1 rings (SSSR count). The number of hydrogen-bond donors (Lipinski definition) is 1. The van der Waals surface area contributed by atoms with E-state index in [-0.39, 0.29) is 0 Å². The molecule has 1 heteroatoms. The molecule has 1 saturated carbocycles. The van der Waals surface area contributed by atoms with Gasteiger partial charge >= 0.3 is 0 Å². The van der Waals surface area contributed by atoms with E-state index in [1.165, 1.54) is 19.3 Å². The summed E-state index contributed by atoms with van der Waals surface area (Å²) in [5.41, 5.74) is 0.552. The molecule has 0 saturated heterocycles. The standard InChI is InChI=1S/C11H23N/c1-5-11(4)9(3)7-8-10(11)12-6-2/h9-10,12H,5-8H2,1-4H3/t9-,10-,11?/m0/s1. The molecular weight excluding hydrogens is 146 g/mol. The second-order valence-electron chi connectivity index (χ2n) is 4.45. The first-order chi connectivity index (χ1) is 5.65. The molecule has 3 atom stereocenters. The molecule has 1 aliphatic rings. The monoisotopic (exact) mass is 169 g/mol. The zero-order valence-electron chi connectivity index (χ0n) is 8.98. The molecule has 1 aliphatic carbocycles. The Hall–Kier alpha value is -0.0400. The summed E-state index contributed by atoms with van der Waals surface area (Å²) in [5, 5.41) is 3.62. The molecular formula is C11H23N. The van der Waals surface area contributed by atoms with Crippen LogP contribution in [0.25, 0.3) is 0 Å². The van der Waals surface area contributed by atoms with Crippen molar-refractivity contribution >= 4 is 0 Å². The highest BCUT2D eigenvalue weighted by Gasteiger charge is 2.42. The van der Waals surface area contributed by atoms with E-state index in [0.717, 1.165) is 18.5 Å². The Morgan fingerprint density at radius 2 is 2.00 bits per heavy atom.